The van der Waals surface area contributed by atoms with Crippen molar-refractivity contribution in [2.75, 3.05) is 11.5 Å². The molecule has 2 amide bonds. The van der Waals surface area contributed by atoms with E-state index in [9.17, 15) is 14.0 Å². The number of hydrogen-bond donors (Lipinski definition) is 1. The quantitative estimate of drug-likeness (QED) is 0.484. The van der Waals surface area contributed by atoms with E-state index in [1.807, 2.05) is 37.3 Å². The SMILES string of the molecule is Cc1ccccc1C(C(=O)NC1CCCCC1)N(C(=O)C1COc2ccccc2O1)c1cccc(F)c1. The van der Waals surface area contributed by atoms with Gasteiger partial charge in [-0.25, -0.2) is 4.39 Å². The van der Waals surface area contributed by atoms with Crippen molar-refractivity contribution in [1.82, 2.24) is 5.32 Å². The van der Waals surface area contributed by atoms with Gasteiger partial charge in [-0.3, -0.25) is 14.5 Å². The van der Waals surface area contributed by atoms with E-state index in [2.05, 4.69) is 5.32 Å². The number of carbonyl (C=O) groups excluding carboxylic acids is 2. The number of carbonyl (C=O) groups is 2. The third-order valence-electron chi connectivity index (χ3n) is 7.05. The van der Waals surface area contributed by atoms with Gasteiger partial charge in [-0.1, -0.05) is 61.7 Å². The van der Waals surface area contributed by atoms with Gasteiger partial charge in [0.25, 0.3) is 5.91 Å². The van der Waals surface area contributed by atoms with Gasteiger partial charge in [-0.05, 0) is 61.2 Å². The molecule has 3 aromatic rings. The second-order valence-electron chi connectivity index (χ2n) is 9.65. The molecule has 3 aromatic carbocycles. The summed E-state index contributed by atoms with van der Waals surface area (Å²) in [6.45, 7) is 1.88. The van der Waals surface area contributed by atoms with Crippen molar-refractivity contribution in [2.45, 2.75) is 57.2 Å². The third kappa shape index (κ3) is 5.45. The zero-order valence-electron chi connectivity index (χ0n) is 20.9. The summed E-state index contributed by atoms with van der Waals surface area (Å²) in [5.41, 5.74) is 1.80. The van der Waals surface area contributed by atoms with Crippen LogP contribution < -0.4 is 19.7 Å². The molecule has 0 saturated heterocycles. The summed E-state index contributed by atoms with van der Waals surface area (Å²) >= 11 is 0. The minimum absolute atomic E-state index is 0.0214. The number of halogens is 1. The second-order valence-corrected chi connectivity index (χ2v) is 9.65. The van der Waals surface area contributed by atoms with Gasteiger partial charge in [0.1, 0.15) is 18.5 Å². The highest BCUT2D eigenvalue weighted by Crippen LogP contribution is 2.35. The Kier molecular flexibility index (Phi) is 7.40. The molecular weight excluding hydrogens is 471 g/mol. The van der Waals surface area contributed by atoms with Crippen LogP contribution in [0.5, 0.6) is 11.5 Å². The highest BCUT2D eigenvalue weighted by atomic mass is 19.1. The number of ether oxygens (including phenoxy) is 2. The van der Waals surface area contributed by atoms with Crippen molar-refractivity contribution in [3.8, 4) is 11.5 Å². The molecule has 2 aliphatic rings. The summed E-state index contributed by atoms with van der Waals surface area (Å²) in [6, 6.07) is 19.4. The fraction of sp³-hybridized carbons (Fsp3) is 0.333. The Morgan fingerprint density at radius 2 is 1.68 bits per heavy atom. The molecule has 1 fully saturated rings. The van der Waals surface area contributed by atoms with Gasteiger partial charge in [0, 0.05) is 11.7 Å². The number of hydrogen-bond acceptors (Lipinski definition) is 4. The highest BCUT2D eigenvalue weighted by Gasteiger charge is 2.40. The number of para-hydroxylation sites is 2. The minimum Gasteiger partial charge on any atom is -0.485 e. The number of benzene rings is 3. The van der Waals surface area contributed by atoms with E-state index in [4.69, 9.17) is 9.47 Å². The third-order valence-corrected chi connectivity index (χ3v) is 7.05. The van der Waals surface area contributed by atoms with Gasteiger partial charge in [-0.2, -0.15) is 0 Å². The summed E-state index contributed by atoms with van der Waals surface area (Å²) in [5.74, 6) is -0.277. The van der Waals surface area contributed by atoms with E-state index < -0.39 is 23.9 Å². The molecule has 7 heteroatoms. The number of rotatable bonds is 6. The fourth-order valence-electron chi connectivity index (χ4n) is 5.14. The molecule has 1 aliphatic heterocycles. The van der Waals surface area contributed by atoms with Crippen LogP contribution in [0.4, 0.5) is 10.1 Å². The van der Waals surface area contributed by atoms with Crippen molar-refractivity contribution >= 4 is 17.5 Å². The van der Waals surface area contributed by atoms with Crippen LogP contribution in [0.1, 0.15) is 49.3 Å². The Balaban J connectivity index is 1.56. The molecule has 6 nitrogen and oxygen atoms in total. The first-order chi connectivity index (χ1) is 18.0. The summed E-state index contributed by atoms with van der Waals surface area (Å²) in [5, 5.41) is 3.18. The lowest BCUT2D eigenvalue weighted by Crippen LogP contribution is -2.52. The van der Waals surface area contributed by atoms with Crippen LogP contribution in [0.3, 0.4) is 0 Å². The smallest absolute Gasteiger partial charge is 0.272 e. The maximum atomic E-state index is 14.5. The zero-order valence-corrected chi connectivity index (χ0v) is 20.9. The number of anilines is 1. The van der Waals surface area contributed by atoms with E-state index in [-0.39, 0.29) is 24.2 Å². The number of amides is 2. The molecule has 37 heavy (non-hydrogen) atoms. The van der Waals surface area contributed by atoms with E-state index in [1.165, 1.54) is 23.1 Å². The average Bonchev–Trinajstić information content (AvgIpc) is 2.92. The predicted octanol–water partition coefficient (Wildman–Crippen LogP) is 5.50. The van der Waals surface area contributed by atoms with Crippen molar-refractivity contribution in [2.24, 2.45) is 0 Å². The molecule has 0 bridgehead atoms. The Morgan fingerprint density at radius 1 is 0.946 bits per heavy atom. The molecule has 1 N–H and O–H groups in total. The van der Waals surface area contributed by atoms with Gasteiger partial charge in [0.05, 0.1) is 0 Å². The van der Waals surface area contributed by atoms with Crippen LogP contribution in [0.2, 0.25) is 0 Å². The summed E-state index contributed by atoms with van der Waals surface area (Å²) in [7, 11) is 0. The van der Waals surface area contributed by atoms with Crippen LogP contribution >= 0.6 is 0 Å². The van der Waals surface area contributed by atoms with Crippen LogP contribution in [0.25, 0.3) is 0 Å². The average molecular weight is 503 g/mol. The largest absolute Gasteiger partial charge is 0.485 e. The molecule has 1 heterocycles. The molecule has 192 valence electrons. The van der Waals surface area contributed by atoms with E-state index in [0.29, 0.717) is 17.1 Å². The maximum absolute atomic E-state index is 14.5. The molecule has 5 rings (SSSR count). The van der Waals surface area contributed by atoms with Gasteiger partial charge in [-0.15, -0.1) is 0 Å². The predicted molar refractivity (Wildman–Crippen MR) is 139 cm³/mol. The van der Waals surface area contributed by atoms with Crippen LogP contribution in [-0.2, 0) is 9.59 Å². The first-order valence-electron chi connectivity index (χ1n) is 12.8. The zero-order chi connectivity index (χ0) is 25.8. The van der Waals surface area contributed by atoms with Crippen molar-refractivity contribution in [3.63, 3.8) is 0 Å². The Labute approximate surface area is 216 Å². The van der Waals surface area contributed by atoms with Gasteiger partial charge >= 0.3 is 0 Å². The van der Waals surface area contributed by atoms with Gasteiger partial charge < -0.3 is 14.8 Å². The number of nitrogens with zero attached hydrogens (tertiary/aromatic N) is 1. The topological polar surface area (TPSA) is 67.9 Å². The fourth-order valence-corrected chi connectivity index (χ4v) is 5.14. The molecule has 0 radical (unpaired) electrons. The van der Waals surface area contributed by atoms with Crippen LogP contribution in [0, 0.1) is 12.7 Å². The van der Waals surface area contributed by atoms with Crippen molar-refractivity contribution in [3.05, 3.63) is 89.7 Å². The van der Waals surface area contributed by atoms with Crippen molar-refractivity contribution < 1.29 is 23.5 Å². The molecule has 0 aromatic heterocycles. The van der Waals surface area contributed by atoms with E-state index >= 15 is 0 Å². The van der Waals surface area contributed by atoms with Gasteiger partial charge in [0.15, 0.2) is 11.5 Å². The molecule has 2 unspecified atom stereocenters. The minimum atomic E-state index is -1.02. The number of fused-ring (bicyclic) bond motifs is 1. The van der Waals surface area contributed by atoms with E-state index in [0.717, 1.165) is 37.7 Å². The second kappa shape index (κ2) is 11.0. The number of aryl methyl sites for hydroxylation is 1. The summed E-state index contributed by atoms with van der Waals surface area (Å²) in [4.78, 5) is 29.5. The Hall–Kier alpha value is -3.87. The van der Waals surface area contributed by atoms with Crippen LogP contribution in [-0.4, -0.2) is 30.6 Å². The Bertz CT molecular complexity index is 1270. The molecule has 1 saturated carbocycles. The molecule has 2 atom stereocenters. The molecular formula is C30H31FN2O4. The maximum Gasteiger partial charge on any atom is 0.272 e. The van der Waals surface area contributed by atoms with Gasteiger partial charge in [0.2, 0.25) is 12.0 Å². The Morgan fingerprint density at radius 3 is 2.43 bits per heavy atom. The van der Waals surface area contributed by atoms with Crippen molar-refractivity contribution in [1.29, 1.82) is 0 Å². The summed E-state index contributed by atoms with van der Waals surface area (Å²) < 4.78 is 26.3. The first kappa shape index (κ1) is 24.8. The monoisotopic (exact) mass is 502 g/mol. The molecule has 1 aliphatic carbocycles. The standard InChI is InChI=1S/C30H31FN2O4/c1-20-10-5-6-15-24(20)28(29(34)32-22-12-3-2-4-13-22)33(23-14-9-11-21(31)18-23)30(35)27-19-36-25-16-7-8-17-26(25)37-27/h5-11,14-18,22,27-28H,2-4,12-13,19H2,1H3,(H,32,34). The number of nitrogens with one attached hydrogen (secondary N) is 1. The lowest BCUT2D eigenvalue weighted by molar-refractivity contribution is -0.132. The normalized spacial score (nSPS) is 18.1. The lowest BCUT2D eigenvalue weighted by atomic mass is 9.93. The first-order valence-corrected chi connectivity index (χ1v) is 12.8. The summed E-state index contributed by atoms with van der Waals surface area (Å²) in [6.07, 6.45) is 4.06. The van der Waals surface area contributed by atoms with Crippen LogP contribution in [0.15, 0.2) is 72.8 Å². The van der Waals surface area contributed by atoms with E-state index in [1.54, 1.807) is 24.3 Å². The lowest BCUT2D eigenvalue weighted by Gasteiger charge is -2.36. The highest BCUT2D eigenvalue weighted by molar-refractivity contribution is 6.03. The molecule has 0 spiro atoms.